The lowest BCUT2D eigenvalue weighted by molar-refractivity contribution is -0.0598. The van der Waals surface area contributed by atoms with Gasteiger partial charge in [0.25, 0.3) is 6.43 Å². The van der Waals surface area contributed by atoms with Crippen LogP contribution < -0.4 is 4.74 Å². The monoisotopic (exact) mass is 454 g/mol. The molecule has 1 saturated heterocycles. The van der Waals surface area contributed by atoms with E-state index in [4.69, 9.17) is 9.47 Å². The molecule has 0 amide bonds. The third-order valence-corrected chi connectivity index (χ3v) is 7.42. The molecule has 0 radical (unpaired) electrons. The molecule has 1 aliphatic carbocycles. The maximum absolute atomic E-state index is 14.2. The van der Waals surface area contributed by atoms with Crippen LogP contribution in [0, 0.1) is 23.6 Å². The van der Waals surface area contributed by atoms with Gasteiger partial charge in [-0.15, -0.1) is 0 Å². The van der Waals surface area contributed by atoms with Gasteiger partial charge in [0.1, 0.15) is 0 Å². The third-order valence-electron chi connectivity index (χ3n) is 7.42. The summed E-state index contributed by atoms with van der Waals surface area (Å²) < 4.78 is 51.9. The minimum Gasteiger partial charge on any atom is -0.494 e. The predicted octanol–water partition coefficient (Wildman–Crippen LogP) is 7.53. The number of carbonyl (C=O) groups excluding carboxylic acids is 1. The summed E-state index contributed by atoms with van der Waals surface area (Å²) in [6.07, 6.45) is 8.85. The first-order valence-corrected chi connectivity index (χ1v) is 12.2. The molecule has 32 heavy (non-hydrogen) atoms. The highest BCUT2D eigenvalue weighted by atomic mass is 19.3. The van der Waals surface area contributed by atoms with Gasteiger partial charge in [-0.3, -0.25) is 4.79 Å². The first-order valence-electron chi connectivity index (χ1n) is 12.2. The Bertz CT molecular complexity index is 736. The van der Waals surface area contributed by atoms with Crippen LogP contribution in [-0.4, -0.2) is 25.6 Å². The molecule has 1 aromatic carbocycles. The summed E-state index contributed by atoms with van der Waals surface area (Å²) in [5, 5.41) is 0. The van der Waals surface area contributed by atoms with Crippen molar-refractivity contribution in [2.24, 2.45) is 17.8 Å². The largest absolute Gasteiger partial charge is 0.494 e. The number of hydrogen-bond donors (Lipinski definition) is 0. The summed E-state index contributed by atoms with van der Waals surface area (Å²) in [5.74, 6) is 0.115. The number of ketones is 1. The van der Waals surface area contributed by atoms with Gasteiger partial charge in [0.2, 0.25) is 0 Å². The van der Waals surface area contributed by atoms with Gasteiger partial charge < -0.3 is 9.47 Å². The molecule has 1 aliphatic heterocycles. The average molecular weight is 455 g/mol. The number of Topliss-reactive ketones (excluding diaryl/α,β-unsaturated/α-hetero) is 1. The van der Waals surface area contributed by atoms with Crippen molar-refractivity contribution in [1.29, 1.82) is 0 Å². The van der Waals surface area contributed by atoms with E-state index in [1.54, 1.807) is 0 Å². The number of hydrogen-bond acceptors (Lipinski definition) is 3. The molecule has 2 fully saturated rings. The fraction of sp³-hybridized carbons (Fsp3) is 0.731. The van der Waals surface area contributed by atoms with E-state index in [9.17, 15) is 18.0 Å². The first kappa shape index (κ1) is 25.1. The molecule has 180 valence electrons. The smallest absolute Gasteiger partial charge is 0.267 e. The Hall–Kier alpha value is -1.56. The van der Waals surface area contributed by atoms with Crippen molar-refractivity contribution in [3.8, 4) is 5.75 Å². The lowest BCUT2D eigenvalue weighted by atomic mass is 9.76. The van der Waals surface area contributed by atoms with Crippen molar-refractivity contribution < 1.29 is 27.4 Å². The molecular weight excluding hydrogens is 417 g/mol. The Morgan fingerprint density at radius 1 is 1.09 bits per heavy atom. The van der Waals surface area contributed by atoms with Gasteiger partial charge in [0, 0.05) is 18.6 Å². The Labute approximate surface area is 190 Å². The quantitative estimate of drug-likeness (QED) is 0.343. The van der Waals surface area contributed by atoms with Crippen LogP contribution in [0.15, 0.2) is 12.1 Å². The molecule has 0 aromatic heterocycles. The fourth-order valence-corrected chi connectivity index (χ4v) is 5.56. The molecule has 0 spiro atoms. The van der Waals surface area contributed by atoms with Gasteiger partial charge in [-0.2, -0.15) is 0 Å². The molecule has 2 atom stereocenters. The molecule has 0 N–H and O–H groups in total. The zero-order chi connectivity index (χ0) is 23.1. The van der Waals surface area contributed by atoms with Crippen LogP contribution in [0.2, 0.25) is 0 Å². The second-order valence-electron chi connectivity index (χ2n) is 9.54. The molecular formula is C26H37F3O3. The van der Waals surface area contributed by atoms with E-state index in [2.05, 4.69) is 6.92 Å². The summed E-state index contributed by atoms with van der Waals surface area (Å²) in [6.45, 7) is 2.98. The third kappa shape index (κ3) is 6.27. The van der Waals surface area contributed by atoms with E-state index in [0.717, 1.165) is 25.2 Å². The summed E-state index contributed by atoms with van der Waals surface area (Å²) in [6, 6.07) is 2.48. The number of benzene rings is 1. The number of ether oxygens (including phenoxy) is 2. The van der Waals surface area contributed by atoms with Crippen LogP contribution in [0.3, 0.4) is 0 Å². The number of rotatable bonds is 10. The summed E-state index contributed by atoms with van der Waals surface area (Å²) in [7, 11) is 1.21. The fourth-order valence-electron chi connectivity index (χ4n) is 5.56. The van der Waals surface area contributed by atoms with Crippen molar-refractivity contribution in [3.63, 3.8) is 0 Å². The maximum Gasteiger partial charge on any atom is 0.267 e. The SMILES string of the molecule is CCCC1CCC(C2CCC(CCCC(=O)c3ccc(OC)c(F)c3C(F)F)CO2)CC1. The highest BCUT2D eigenvalue weighted by Gasteiger charge is 2.31. The Morgan fingerprint density at radius 3 is 2.41 bits per heavy atom. The molecule has 2 aliphatic rings. The van der Waals surface area contributed by atoms with E-state index < -0.39 is 23.6 Å². The molecule has 3 nitrogen and oxygen atoms in total. The van der Waals surface area contributed by atoms with Crippen LogP contribution in [0.4, 0.5) is 13.2 Å². The van der Waals surface area contributed by atoms with Crippen molar-refractivity contribution >= 4 is 5.78 Å². The predicted molar refractivity (Wildman–Crippen MR) is 119 cm³/mol. The molecule has 1 heterocycles. The number of alkyl halides is 2. The van der Waals surface area contributed by atoms with Crippen molar-refractivity contribution in [1.82, 2.24) is 0 Å². The minimum atomic E-state index is -3.07. The summed E-state index contributed by atoms with van der Waals surface area (Å²) in [5.41, 5.74) is -1.09. The Kier molecular flexibility index (Phi) is 9.45. The summed E-state index contributed by atoms with van der Waals surface area (Å²) >= 11 is 0. The minimum absolute atomic E-state index is 0.132. The molecule has 6 heteroatoms. The molecule has 2 unspecified atom stereocenters. The van der Waals surface area contributed by atoms with E-state index >= 15 is 0 Å². The number of methoxy groups -OCH3 is 1. The highest BCUT2D eigenvalue weighted by molar-refractivity contribution is 5.97. The van der Waals surface area contributed by atoms with Crippen LogP contribution in [0.5, 0.6) is 5.75 Å². The van der Waals surface area contributed by atoms with Gasteiger partial charge >= 0.3 is 0 Å². The van der Waals surface area contributed by atoms with E-state index in [1.165, 1.54) is 57.8 Å². The van der Waals surface area contributed by atoms with E-state index in [0.29, 0.717) is 31.0 Å². The van der Waals surface area contributed by atoms with Gasteiger partial charge in [0.05, 0.1) is 18.8 Å². The molecule has 0 bridgehead atoms. The van der Waals surface area contributed by atoms with Gasteiger partial charge in [0.15, 0.2) is 17.3 Å². The van der Waals surface area contributed by atoms with Crippen LogP contribution in [0.1, 0.15) is 99.9 Å². The van der Waals surface area contributed by atoms with Crippen molar-refractivity contribution in [2.45, 2.75) is 90.1 Å². The Balaban J connectivity index is 1.42. The van der Waals surface area contributed by atoms with Crippen molar-refractivity contribution in [2.75, 3.05) is 13.7 Å². The highest BCUT2D eigenvalue weighted by Crippen LogP contribution is 2.38. The second-order valence-corrected chi connectivity index (χ2v) is 9.54. The van der Waals surface area contributed by atoms with E-state index in [-0.39, 0.29) is 17.7 Å². The van der Waals surface area contributed by atoms with Crippen LogP contribution in [0.25, 0.3) is 0 Å². The van der Waals surface area contributed by atoms with Crippen LogP contribution in [-0.2, 0) is 4.74 Å². The van der Waals surface area contributed by atoms with Gasteiger partial charge in [-0.05, 0) is 68.4 Å². The number of halogens is 3. The zero-order valence-corrected chi connectivity index (χ0v) is 19.4. The van der Waals surface area contributed by atoms with Crippen molar-refractivity contribution in [3.05, 3.63) is 29.1 Å². The maximum atomic E-state index is 14.2. The zero-order valence-electron chi connectivity index (χ0n) is 19.4. The molecule has 3 rings (SSSR count). The topological polar surface area (TPSA) is 35.5 Å². The standard InChI is InChI=1S/C26H37F3O3/c1-3-5-17-8-11-19(12-9-17)22-14-10-18(16-32-22)6-4-7-21(30)20-13-15-23(31-2)25(27)24(20)26(28)29/h13,15,17-19,22,26H,3-12,14,16H2,1-2H3. The molecule has 1 saturated carbocycles. The Morgan fingerprint density at radius 2 is 1.81 bits per heavy atom. The van der Waals surface area contributed by atoms with Crippen LogP contribution >= 0.6 is 0 Å². The average Bonchev–Trinajstić information content (AvgIpc) is 2.79. The van der Waals surface area contributed by atoms with Gasteiger partial charge in [-0.25, -0.2) is 13.2 Å². The molecule has 1 aromatic rings. The second kappa shape index (κ2) is 12.1. The van der Waals surface area contributed by atoms with E-state index in [1.807, 2.05) is 0 Å². The first-order chi connectivity index (χ1) is 15.4. The lowest BCUT2D eigenvalue weighted by Gasteiger charge is -2.38. The lowest BCUT2D eigenvalue weighted by Crippen LogP contribution is -2.34. The summed E-state index contributed by atoms with van der Waals surface area (Å²) in [4.78, 5) is 12.5. The normalized spacial score (nSPS) is 26.3. The number of carbonyl (C=O) groups is 1. The van der Waals surface area contributed by atoms with Gasteiger partial charge in [-0.1, -0.05) is 32.6 Å².